The van der Waals surface area contributed by atoms with Gasteiger partial charge in [-0.2, -0.15) is 0 Å². The summed E-state index contributed by atoms with van der Waals surface area (Å²) in [6.07, 6.45) is -0.955. The van der Waals surface area contributed by atoms with E-state index >= 15 is 0 Å². The maximum atomic E-state index is 12.1. The van der Waals surface area contributed by atoms with Crippen molar-refractivity contribution in [3.63, 3.8) is 0 Å². The number of carbonyl (C=O) groups is 2. The highest BCUT2D eigenvalue weighted by molar-refractivity contribution is 5.86. The number of nitrogens with two attached hydrogens (primary N) is 2. The summed E-state index contributed by atoms with van der Waals surface area (Å²) in [7, 11) is 0. The Kier molecular flexibility index (Phi) is 8.32. The first-order chi connectivity index (χ1) is 12.2. The number of guanidine groups is 1. The van der Waals surface area contributed by atoms with Crippen LogP contribution < -0.4 is 22.1 Å². The molecule has 0 saturated heterocycles. The summed E-state index contributed by atoms with van der Waals surface area (Å²) in [6.45, 7) is 0.290. The maximum absolute atomic E-state index is 12.1. The SMILES string of the molecule is N=C(N)NCCC[C@H](NC(=O)[C@@H](O)[C@@H](N)Cc1ccc(O)cc1)C(=O)O. The van der Waals surface area contributed by atoms with Crippen molar-refractivity contribution in [2.75, 3.05) is 6.54 Å². The molecule has 0 heterocycles. The number of benzene rings is 1. The smallest absolute Gasteiger partial charge is 0.326 e. The second kappa shape index (κ2) is 10.2. The van der Waals surface area contributed by atoms with E-state index in [1.165, 1.54) is 12.1 Å². The third kappa shape index (κ3) is 7.36. The van der Waals surface area contributed by atoms with Crippen LogP contribution in [0, 0.1) is 5.41 Å². The van der Waals surface area contributed by atoms with Gasteiger partial charge in [-0.3, -0.25) is 10.2 Å². The molecule has 1 aromatic rings. The number of aliphatic carboxylic acids is 1. The molecule has 3 atom stereocenters. The average Bonchev–Trinajstić information content (AvgIpc) is 2.58. The number of amides is 1. The number of nitrogens with one attached hydrogen (secondary N) is 3. The summed E-state index contributed by atoms with van der Waals surface area (Å²) in [6, 6.07) is 4.03. The normalized spacial score (nSPS) is 14.1. The van der Waals surface area contributed by atoms with Crippen LogP contribution in [-0.2, 0) is 16.0 Å². The monoisotopic (exact) mass is 367 g/mol. The van der Waals surface area contributed by atoms with Gasteiger partial charge >= 0.3 is 5.97 Å². The van der Waals surface area contributed by atoms with Crippen LogP contribution in [0.4, 0.5) is 0 Å². The predicted molar refractivity (Wildman–Crippen MR) is 94.5 cm³/mol. The molecular formula is C16H25N5O5. The summed E-state index contributed by atoms with van der Waals surface area (Å²) in [5, 5.41) is 40.2. The molecule has 10 N–H and O–H groups in total. The zero-order valence-corrected chi connectivity index (χ0v) is 14.2. The fraction of sp³-hybridized carbons (Fsp3) is 0.438. The van der Waals surface area contributed by atoms with Crippen molar-refractivity contribution in [1.82, 2.24) is 10.6 Å². The Morgan fingerprint density at radius 1 is 1.23 bits per heavy atom. The van der Waals surface area contributed by atoms with Gasteiger partial charge in [0.05, 0.1) is 0 Å². The van der Waals surface area contributed by atoms with Crippen LogP contribution in [0.2, 0.25) is 0 Å². The van der Waals surface area contributed by atoms with Gasteiger partial charge in [-0.15, -0.1) is 0 Å². The van der Waals surface area contributed by atoms with Crippen LogP contribution in [0.5, 0.6) is 5.75 Å². The van der Waals surface area contributed by atoms with Crippen molar-refractivity contribution in [1.29, 1.82) is 5.41 Å². The summed E-state index contributed by atoms with van der Waals surface area (Å²) < 4.78 is 0. The highest BCUT2D eigenvalue weighted by Gasteiger charge is 2.27. The lowest BCUT2D eigenvalue weighted by molar-refractivity contribution is -0.143. The summed E-state index contributed by atoms with van der Waals surface area (Å²) in [4.78, 5) is 23.3. The number of aliphatic hydroxyl groups excluding tert-OH is 1. The summed E-state index contributed by atoms with van der Waals surface area (Å²) in [5.74, 6) is -2.25. The van der Waals surface area contributed by atoms with Crippen molar-refractivity contribution in [3.05, 3.63) is 29.8 Å². The van der Waals surface area contributed by atoms with Crippen LogP contribution in [0.25, 0.3) is 0 Å². The number of phenols is 1. The molecule has 0 aliphatic carbocycles. The minimum atomic E-state index is -1.58. The standard InChI is InChI=1S/C16H25N5O5/c17-11(8-9-3-5-10(22)6-4-9)13(23)14(24)21-12(15(25)26)2-1-7-20-16(18)19/h3-6,11-13,22-23H,1-2,7-8,17H2,(H,21,24)(H,25,26)(H4,18,19,20)/t11-,12-,13-/m0/s1. The topological polar surface area (TPSA) is 195 Å². The van der Waals surface area contributed by atoms with Gasteiger partial charge in [-0.1, -0.05) is 12.1 Å². The van der Waals surface area contributed by atoms with E-state index in [-0.39, 0.29) is 31.1 Å². The number of rotatable bonds is 10. The van der Waals surface area contributed by atoms with Crippen molar-refractivity contribution >= 4 is 17.8 Å². The Morgan fingerprint density at radius 2 is 1.85 bits per heavy atom. The fourth-order valence-corrected chi connectivity index (χ4v) is 2.25. The molecule has 0 aliphatic rings. The zero-order chi connectivity index (χ0) is 19.7. The number of hydrogen-bond donors (Lipinski definition) is 8. The van der Waals surface area contributed by atoms with E-state index in [9.17, 15) is 24.9 Å². The first-order valence-corrected chi connectivity index (χ1v) is 8.03. The Balaban J connectivity index is 2.54. The van der Waals surface area contributed by atoms with Crippen LogP contribution >= 0.6 is 0 Å². The van der Waals surface area contributed by atoms with E-state index in [1.807, 2.05) is 0 Å². The van der Waals surface area contributed by atoms with Crippen LogP contribution in [-0.4, -0.2) is 57.9 Å². The molecule has 0 bridgehead atoms. The Morgan fingerprint density at radius 3 is 2.38 bits per heavy atom. The number of carboxylic acids is 1. The second-order valence-electron chi connectivity index (χ2n) is 5.86. The van der Waals surface area contributed by atoms with Gasteiger partial charge in [0.15, 0.2) is 5.96 Å². The van der Waals surface area contributed by atoms with Crippen LogP contribution in [0.15, 0.2) is 24.3 Å². The highest BCUT2D eigenvalue weighted by Crippen LogP contribution is 2.12. The van der Waals surface area contributed by atoms with E-state index in [1.54, 1.807) is 12.1 Å². The fourth-order valence-electron chi connectivity index (χ4n) is 2.25. The Labute approximate surface area is 150 Å². The van der Waals surface area contributed by atoms with Gasteiger partial charge in [0.25, 0.3) is 5.91 Å². The van der Waals surface area contributed by atoms with Gasteiger partial charge in [0, 0.05) is 12.6 Å². The number of phenolic OH excluding ortho intramolecular Hbond substituents is 1. The number of hydrogen-bond acceptors (Lipinski definition) is 6. The van der Waals surface area contributed by atoms with Gasteiger partial charge < -0.3 is 37.4 Å². The molecule has 0 spiro atoms. The van der Waals surface area contributed by atoms with Gasteiger partial charge in [0.2, 0.25) is 0 Å². The lowest BCUT2D eigenvalue weighted by Gasteiger charge is -2.21. The molecule has 1 rings (SSSR count). The average molecular weight is 367 g/mol. The van der Waals surface area contributed by atoms with Crippen molar-refractivity contribution in [2.24, 2.45) is 11.5 Å². The lowest BCUT2D eigenvalue weighted by atomic mass is 10.0. The van der Waals surface area contributed by atoms with Gasteiger partial charge in [-0.05, 0) is 37.0 Å². The van der Waals surface area contributed by atoms with E-state index in [0.717, 1.165) is 0 Å². The maximum Gasteiger partial charge on any atom is 0.326 e. The van der Waals surface area contributed by atoms with Crippen molar-refractivity contribution in [2.45, 2.75) is 37.5 Å². The number of carboxylic acid groups (broad SMARTS) is 1. The van der Waals surface area contributed by atoms with Crippen molar-refractivity contribution < 1.29 is 24.9 Å². The van der Waals surface area contributed by atoms with Gasteiger partial charge in [0.1, 0.15) is 17.9 Å². The largest absolute Gasteiger partial charge is 0.508 e. The molecule has 0 aliphatic heterocycles. The Bertz CT molecular complexity index is 622. The minimum absolute atomic E-state index is 0.0872. The molecule has 10 nitrogen and oxygen atoms in total. The molecule has 0 aromatic heterocycles. The molecule has 0 saturated carbocycles. The summed E-state index contributed by atoms with van der Waals surface area (Å²) in [5.41, 5.74) is 11.7. The highest BCUT2D eigenvalue weighted by atomic mass is 16.4. The molecule has 10 heteroatoms. The molecule has 0 radical (unpaired) electrons. The molecule has 26 heavy (non-hydrogen) atoms. The first kappa shape index (κ1) is 21.2. The van der Waals surface area contributed by atoms with Gasteiger partial charge in [-0.25, -0.2) is 4.79 Å². The van der Waals surface area contributed by atoms with E-state index in [0.29, 0.717) is 12.0 Å². The summed E-state index contributed by atoms with van der Waals surface area (Å²) >= 11 is 0. The van der Waals surface area contributed by atoms with Crippen molar-refractivity contribution in [3.8, 4) is 5.75 Å². The molecule has 1 amide bonds. The quantitative estimate of drug-likeness (QED) is 0.138. The first-order valence-electron chi connectivity index (χ1n) is 8.03. The third-order valence-corrected chi connectivity index (χ3v) is 3.68. The number of aromatic hydroxyl groups is 1. The number of aliphatic hydroxyl groups is 1. The second-order valence-corrected chi connectivity index (χ2v) is 5.86. The zero-order valence-electron chi connectivity index (χ0n) is 14.2. The Hall–Kier alpha value is -2.85. The molecule has 0 fully saturated rings. The lowest BCUT2D eigenvalue weighted by Crippen LogP contribution is -2.52. The van der Waals surface area contributed by atoms with Crippen LogP contribution in [0.1, 0.15) is 18.4 Å². The van der Waals surface area contributed by atoms with E-state index < -0.39 is 30.1 Å². The minimum Gasteiger partial charge on any atom is -0.508 e. The van der Waals surface area contributed by atoms with E-state index in [4.69, 9.17) is 16.9 Å². The van der Waals surface area contributed by atoms with E-state index in [2.05, 4.69) is 10.6 Å². The molecule has 144 valence electrons. The molecule has 1 aromatic carbocycles. The van der Waals surface area contributed by atoms with Crippen LogP contribution in [0.3, 0.4) is 0 Å². The molecule has 0 unspecified atom stereocenters. The number of carbonyl (C=O) groups excluding carboxylic acids is 1. The third-order valence-electron chi connectivity index (χ3n) is 3.68. The predicted octanol–water partition coefficient (Wildman–Crippen LogP) is -1.54. The molecular weight excluding hydrogens is 342 g/mol.